The molecular formula is C30H34N2O5. The number of amides is 2. The summed E-state index contributed by atoms with van der Waals surface area (Å²) in [5.74, 6) is 0.588. The van der Waals surface area contributed by atoms with Gasteiger partial charge in [0.05, 0.1) is 24.3 Å². The third-order valence-electron chi connectivity index (χ3n) is 6.70. The largest absolute Gasteiger partial charge is 0.494 e. The minimum absolute atomic E-state index is 0.0640. The molecule has 2 amide bonds. The molecule has 7 nitrogen and oxygen atoms in total. The van der Waals surface area contributed by atoms with Crippen LogP contribution in [0.15, 0.2) is 84.8 Å². The van der Waals surface area contributed by atoms with Crippen LogP contribution in [0.4, 0.5) is 10.5 Å². The Labute approximate surface area is 218 Å². The second kappa shape index (κ2) is 12.3. The average molecular weight is 503 g/mol. The van der Waals surface area contributed by atoms with E-state index in [1.807, 2.05) is 49.4 Å². The molecule has 0 atom stereocenters. The average Bonchev–Trinajstić information content (AvgIpc) is 3.14. The molecule has 1 fully saturated rings. The summed E-state index contributed by atoms with van der Waals surface area (Å²) in [7, 11) is 0. The third-order valence-corrected chi connectivity index (χ3v) is 6.70. The number of allylic oxidation sites excluding steroid dienone is 9. The van der Waals surface area contributed by atoms with Gasteiger partial charge in [0.15, 0.2) is 0 Å². The van der Waals surface area contributed by atoms with Crippen molar-refractivity contribution in [1.29, 1.82) is 0 Å². The number of urea groups is 1. The maximum Gasteiger partial charge on any atom is 0.326 e. The first kappa shape index (κ1) is 26.1. The molecule has 1 aromatic rings. The Morgan fingerprint density at radius 1 is 1.22 bits per heavy atom. The second-order valence-electron chi connectivity index (χ2n) is 9.26. The number of anilines is 1. The first-order valence-corrected chi connectivity index (χ1v) is 12.8. The van der Waals surface area contributed by atoms with Crippen molar-refractivity contribution in [3.8, 4) is 5.75 Å². The first-order chi connectivity index (χ1) is 18.0. The number of fused-ring (bicyclic) bond motifs is 1. The Morgan fingerprint density at radius 2 is 2.03 bits per heavy atom. The summed E-state index contributed by atoms with van der Waals surface area (Å²) in [6.45, 7) is 6.46. The molecule has 7 heteroatoms. The van der Waals surface area contributed by atoms with Gasteiger partial charge in [-0.05, 0) is 74.1 Å². The van der Waals surface area contributed by atoms with E-state index in [-0.39, 0.29) is 18.1 Å². The number of nitrogens with one attached hydrogen (secondary N) is 1. The molecule has 37 heavy (non-hydrogen) atoms. The standard InChI is InChI=1S/C30H34N2O5/c1-3-6-24(7-4-2)31-30(35)32-18-19-36-28-20-23(13-17-27(28)32)21-8-5-9-25(14-10-21)37-26-15-11-22(12-16-26)29(33)34/h3-8,10,13-14,17,20,22,26H,1,9,11-12,15-16,18-19H2,2H3,(H,31,35)(H,33,34)/b7-4-,24-6+. The van der Waals surface area contributed by atoms with E-state index in [1.54, 1.807) is 17.1 Å². The van der Waals surface area contributed by atoms with E-state index < -0.39 is 5.97 Å². The lowest BCUT2D eigenvalue weighted by Gasteiger charge is -2.30. The Bertz CT molecular complexity index is 1180. The third kappa shape index (κ3) is 6.61. The molecule has 0 saturated heterocycles. The summed E-state index contributed by atoms with van der Waals surface area (Å²) in [5, 5.41) is 12.1. The topological polar surface area (TPSA) is 88.1 Å². The van der Waals surface area contributed by atoms with Crippen molar-refractivity contribution in [2.24, 2.45) is 5.92 Å². The van der Waals surface area contributed by atoms with Gasteiger partial charge in [-0.3, -0.25) is 9.69 Å². The zero-order chi connectivity index (χ0) is 26.2. The van der Waals surface area contributed by atoms with Gasteiger partial charge in [-0.25, -0.2) is 4.79 Å². The minimum atomic E-state index is -0.705. The molecular weight excluding hydrogens is 468 g/mol. The number of aliphatic carboxylic acids is 1. The lowest BCUT2D eigenvalue weighted by Crippen LogP contribution is -2.43. The zero-order valence-electron chi connectivity index (χ0n) is 21.2. The number of rotatable bonds is 7. The minimum Gasteiger partial charge on any atom is -0.494 e. The quantitative estimate of drug-likeness (QED) is 0.438. The zero-order valence-corrected chi connectivity index (χ0v) is 21.2. The molecule has 1 heterocycles. The predicted molar refractivity (Wildman–Crippen MR) is 145 cm³/mol. The number of hydrogen-bond donors (Lipinski definition) is 2. The molecule has 1 aliphatic heterocycles. The first-order valence-electron chi connectivity index (χ1n) is 12.8. The van der Waals surface area contributed by atoms with Crippen LogP contribution in [-0.4, -0.2) is 36.4 Å². The maximum atomic E-state index is 13.0. The highest BCUT2D eigenvalue weighted by Gasteiger charge is 2.27. The summed E-state index contributed by atoms with van der Waals surface area (Å²) in [6.07, 6.45) is 18.8. The normalized spacial score (nSPS) is 21.8. The van der Waals surface area contributed by atoms with E-state index in [2.05, 4.69) is 24.0 Å². The van der Waals surface area contributed by atoms with Crippen LogP contribution in [0, 0.1) is 5.92 Å². The molecule has 194 valence electrons. The fourth-order valence-corrected chi connectivity index (χ4v) is 4.78. The predicted octanol–water partition coefficient (Wildman–Crippen LogP) is 6.13. The lowest BCUT2D eigenvalue weighted by molar-refractivity contribution is -0.143. The van der Waals surface area contributed by atoms with Crippen molar-refractivity contribution < 1.29 is 24.2 Å². The number of nitrogens with zero attached hydrogens (tertiary/aromatic N) is 1. The molecule has 1 saturated carbocycles. The van der Waals surface area contributed by atoms with Crippen LogP contribution in [-0.2, 0) is 9.53 Å². The number of carboxylic acids is 1. The van der Waals surface area contributed by atoms with Gasteiger partial charge in [-0.2, -0.15) is 0 Å². The molecule has 4 rings (SSSR count). The van der Waals surface area contributed by atoms with Crippen LogP contribution in [0.2, 0.25) is 0 Å². The number of carboxylic acid groups (broad SMARTS) is 1. The van der Waals surface area contributed by atoms with Gasteiger partial charge in [0.2, 0.25) is 0 Å². The van der Waals surface area contributed by atoms with Crippen molar-refractivity contribution in [2.45, 2.75) is 45.1 Å². The van der Waals surface area contributed by atoms with E-state index in [9.17, 15) is 14.7 Å². The van der Waals surface area contributed by atoms with Crippen LogP contribution in [0.3, 0.4) is 0 Å². The molecule has 0 unspecified atom stereocenters. The van der Waals surface area contributed by atoms with E-state index in [1.165, 1.54) is 0 Å². The summed E-state index contributed by atoms with van der Waals surface area (Å²) in [6, 6.07) is 5.64. The Morgan fingerprint density at radius 3 is 2.76 bits per heavy atom. The van der Waals surface area contributed by atoms with Gasteiger partial charge >= 0.3 is 12.0 Å². The van der Waals surface area contributed by atoms with Gasteiger partial charge in [0, 0.05) is 12.1 Å². The molecule has 2 N–H and O–H groups in total. The van der Waals surface area contributed by atoms with E-state index in [0.717, 1.165) is 35.4 Å². The monoisotopic (exact) mass is 502 g/mol. The Hall–Kier alpha value is -4.00. The van der Waals surface area contributed by atoms with Crippen LogP contribution < -0.4 is 15.0 Å². The SMILES string of the molecule is C=C/C=C(\C=C/C)NC(=O)N1CCOc2cc(C3=CC=C(OC4CCC(C(=O)O)CC4)CC=C3)ccc21. The molecule has 2 aliphatic carbocycles. The maximum absolute atomic E-state index is 13.0. The van der Waals surface area contributed by atoms with Crippen molar-refractivity contribution in [3.63, 3.8) is 0 Å². The van der Waals surface area contributed by atoms with Crippen LogP contribution in [0.25, 0.3) is 5.57 Å². The van der Waals surface area contributed by atoms with E-state index in [0.29, 0.717) is 43.9 Å². The number of carbonyl (C=O) groups is 2. The molecule has 0 spiro atoms. The Kier molecular flexibility index (Phi) is 8.67. The van der Waals surface area contributed by atoms with Gasteiger partial charge in [0.25, 0.3) is 0 Å². The van der Waals surface area contributed by atoms with Crippen molar-refractivity contribution >= 4 is 23.3 Å². The molecule has 0 aromatic heterocycles. The van der Waals surface area contributed by atoms with Gasteiger partial charge in [0.1, 0.15) is 18.1 Å². The van der Waals surface area contributed by atoms with Gasteiger partial charge < -0.3 is 19.9 Å². The number of carbonyl (C=O) groups excluding carboxylic acids is 1. The van der Waals surface area contributed by atoms with Crippen LogP contribution >= 0.6 is 0 Å². The van der Waals surface area contributed by atoms with Gasteiger partial charge in [-0.1, -0.05) is 43.0 Å². The van der Waals surface area contributed by atoms with E-state index >= 15 is 0 Å². The lowest BCUT2D eigenvalue weighted by atomic mass is 9.87. The van der Waals surface area contributed by atoms with Crippen LogP contribution in [0.5, 0.6) is 5.75 Å². The fourth-order valence-electron chi connectivity index (χ4n) is 4.78. The molecule has 0 bridgehead atoms. The number of benzene rings is 1. The number of hydrogen-bond acceptors (Lipinski definition) is 4. The molecule has 0 radical (unpaired) electrons. The van der Waals surface area contributed by atoms with Crippen LogP contribution in [0.1, 0.15) is 44.6 Å². The van der Waals surface area contributed by atoms with Crippen molar-refractivity contribution in [2.75, 3.05) is 18.1 Å². The Balaban J connectivity index is 1.45. The highest BCUT2D eigenvalue weighted by molar-refractivity contribution is 5.96. The summed E-state index contributed by atoms with van der Waals surface area (Å²) in [5.41, 5.74) is 3.39. The summed E-state index contributed by atoms with van der Waals surface area (Å²) in [4.78, 5) is 25.9. The highest BCUT2D eigenvalue weighted by atomic mass is 16.5. The molecule has 3 aliphatic rings. The summed E-state index contributed by atoms with van der Waals surface area (Å²) >= 11 is 0. The smallest absolute Gasteiger partial charge is 0.326 e. The fraction of sp³-hybridized carbons (Fsp3) is 0.333. The van der Waals surface area contributed by atoms with Crippen molar-refractivity contribution in [1.82, 2.24) is 5.32 Å². The van der Waals surface area contributed by atoms with Crippen molar-refractivity contribution in [3.05, 3.63) is 90.4 Å². The van der Waals surface area contributed by atoms with Gasteiger partial charge in [-0.15, -0.1) is 0 Å². The number of ether oxygens (including phenoxy) is 2. The molecule has 1 aromatic carbocycles. The van der Waals surface area contributed by atoms with E-state index in [4.69, 9.17) is 9.47 Å². The highest BCUT2D eigenvalue weighted by Crippen LogP contribution is 2.36. The summed E-state index contributed by atoms with van der Waals surface area (Å²) < 4.78 is 12.1. The second-order valence-corrected chi connectivity index (χ2v) is 9.26.